The zero-order valence-electron chi connectivity index (χ0n) is 16.8. The van der Waals surface area contributed by atoms with E-state index in [1.807, 2.05) is 42.6 Å². The Hall–Kier alpha value is -1.89. The predicted molar refractivity (Wildman–Crippen MR) is 104 cm³/mol. The highest BCUT2D eigenvalue weighted by Gasteiger charge is 2.28. The normalized spacial score (nSPS) is 23.9. The van der Waals surface area contributed by atoms with Crippen LogP contribution in [0.15, 0.2) is 12.3 Å². The molecule has 1 aromatic rings. The fourth-order valence-corrected chi connectivity index (χ4v) is 3.80. The number of rotatable bonds is 4. The highest BCUT2D eigenvalue weighted by atomic mass is 16.2. The largest absolute Gasteiger partial charge is 0.355 e. The Kier molecular flexibility index (Phi) is 6.19. The molecule has 2 aliphatic rings. The number of hydrogen-bond donors (Lipinski definition) is 2. The zero-order chi connectivity index (χ0) is 19.4. The predicted octanol–water partition coefficient (Wildman–Crippen LogP) is 1.82. The van der Waals surface area contributed by atoms with Gasteiger partial charge in [-0.25, -0.2) is 0 Å². The molecular weight excluding hydrogens is 342 g/mol. The molecule has 0 radical (unpaired) electrons. The Labute approximate surface area is 161 Å². The van der Waals surface area contributed by atoms with Gasteiger partial charge in [-0.05, 0) is 44.2 Å². The molecule has 7 heteroatoms. The molecule has 27 heavy (non-hydrogen) atoms. The monoisotopic (exact) mass is 375 g/mol. The van der Waals surface area contributed by atoms with E-state index in [9.17, 15) is 9.59 Å². The smallest absolute Gasteiger partial charge is 0.274 e. The van der Waals surface area contributed by atoms with E-state index in [0.717, 1.165) is 45.3 Å². The van der Waals surface area contributed by atoms with Crippen molar-refractivity contribution in [2.45, 2.75) is 52.5 Å². The van der Waals surface area contributed by atoms with Crippen LogP contribution >= 0.6 is 0 Å². The van der Waals surface area contributed by atoms with Gasteiger partial charge in [0.05, 0.1) is 6.04 Å². The molecule has 3 heterocycles. The summed E-state index contributed by atoms with van der Waals surface area (Å²) >= 11 is 0. The van der Waals surface area contributed by atoms with E-state index in [2.05, 4.69) is 15.7 Å². The number of amides is 2. The summed E-state index contributed by atoms with van der Waals surface area (Å²) in [7, 11) is 0. The second-order valence-corrected chi connectivity index (χ2v) is 8.90. The Bertz CT molecular complexity index is 658. The van der Waals surface area contributed by atoms with Crippen LogP contribution < -0.4 is 10.6 Å². The third kappa shape index (κ3) is 5.09. The first-order chi connectivity index (χ1) is 12.8. The van der Waals surface area contributed by atoms with Gasteiger partial charge < -0.3 is 15.5 Å². The van der Waals surface area contributed by atoms with Crippen LogP contribution in [0.2, 0.25) is 0 Å². The van der Waals surface area contributed by atoms with Crippen molar-refractivity contribution in [2.75, 3.05) is 32.7 Å². The van der Waals surface area contributed by atoms with E-state index in [1.165, 1.54) is 0 Å². The van der Waals surface area contributed by atoms with Crippen LogP contribution in [0, 0.1) is 11.3 Å². The van der Waals surface area contributed by atoms with Crippen LogP contribution in [0.4, 0.5) is 0 Å². The summed E-state index contributed by atoms with van der Waals surface area (Å²) in [6.07, 6.45) is 6.17. The van der Waals surface area contributed by atoms with E-state index in [-0.39, 0.29) is 17.2 Å². The maximum Gasteiger partial charge on any atom is 0.274 e. The number of hydrogen-bond acceptors (Lipinski definition) is 4. The van der Waals surface area contributed by atoms with Gasteiger partial charge in [-0.3, -0.25) is 14.3 Å². The van der Waals surface area contributed by atoms with Crippen molar-refractivity contribution in [3.8, 4) is 0 Å². The minimum Gasteiger partial charge on any atom is -0.355 e. The molecule has 0 aliphatic carbocycles. The van der Waals surface area contributed by atoms with Crippen LogP contribution in [-0.2, 0) is 4.79 Å². The molecule has 0 bridgehead atoms. The van der Waals surface area contributed by atoms with Crippen LogP contribution in [0.25, 0.3) is 0 Å². The van der Waals surface area contributed by atoms with Crippen LogP contribution in [0.1, 0.15) is 63.0 Å². The van der Waals surface area contributed by atoms with Gasteiger partial charge in [-0.15, -0.1) is 0 Å². The van der Waals surface area contributed by atoms with Gasteiger partial charge in [0, 0.05) is 37.8 Å². The van der Waals surface area contributed by atoms with Crippen LogP contribution in [-0.4, -0.2) is 59.2 Å². The number of piperidine rings is 2. The van der Waals surface area contributed by atoms with Crippen LogP contribution in [0.5, 0.6) is 0 Å². The third-order valence-electron chi connectivity index (χ3n) is 5.51. The highest BCUT2D eigenvalue weighted by molar-refractivity contribution is 5.92. The highest BCUT2D eigenvalue weighted by Crippen LogP contribution is 2.20. The average molecular weight is 376 g/mol. The maximum atomic E-state index is 12.9. The molecule has 7 nitrogen and oxygen atoms in total. The lowest BCUT2D eigenvalue weighted by Crippen LogP contribution is -2.45. The van der Waals surface area contributed by atoms with E-state index in [0.29, 0.717) is 30.7 Å². The molecule has 0 saturated carbocycles. The molecule has 1 aromatic heterocycles. The summed E-state index contributed by atoms with van der Waals surface area (Å²) in [4.78, 5) is 26.9. The fraction of sp³-hybridized carbons (Fsp3) is 0.750. The molecule has 2 unspecified atom stereocenters. The van der Waals surface area contributed by atoms with Crippen molar-refractivity contribution < 1.29 is 9.59 Å². The fourth-order valence-electron chi connectivity index (χ4n) is 3.80. The Morgan fingerprint density at radius 3 is 2.81 bits per heavy atom. The molecule has 3 rings (SSSR count). The summed E-state index contributed by atoms with van der Waals surface area (Å²) in [5.41, 5.74) is 0.144. The number of carbonyl (C=O) groups excluding carboxylic acids is 2. The van der Waals surface area contributed by atoms with E-state index in [4.69, 9.17) is 0 Å². The molecular formula is C20H33N5O2. The van der Waals surface area contributed by atoms with Gasteiger partial charge in [0.1, 0.15) is 5.69 Å². The first kappa shape index (κ1) is 19.9. The van der Waals surface area contributed by atoms with Crippen molar-refractivity contribution in [3.05, 3.63) is 18.0 Å². The van der Waals surface area contributed by atoms with Crippen LogP contribution in [0.3, 0.4) is 0 Å². The molecule has 2 aliphatic heterocycles. The van der Waals surface area contributed by atoms with Crippen molar-refractivity contribution in [2.24, 2.45) is 11.3 Å². The molecule has 2 fully saturated rings. The number of nitrogens with zero attached hydrogens (tertiary/aromatic N) is 3. The quantitative estimate of drug-likeness (QED) is 0.841. The van der Waals surface area contributed by atoms with Gasteiger partial charge in [0.25, 0.3) is 5.91 Å². The van der Waals surface area contributed by atoms with E-state index < -0.39 is 0 Å². The lowest BCUT2D eigenvalue weighted by atomic mass is 9.94. The number of nitrogens with one attached hydrogen (secondary N) is 2. The third-order valence-corrected chi connectivity index (χ3v) is 5.51. The Balaban J connectivity index is 1.55. The molecule has 2 saturated heterocycles. The zero-order valence-corrected chi connectivity index (χ0v) is 16.8. The standard InChI is InChI=1S/C20H33N5O2/c1-20(2,3)19(27)22-12-15-6-5-10-24(14-15)18(26)17-8-11-25(23-17)16-7-4-9-21-13-16/h8,11,15-16,21H,4-7,9-10,12-14H2,1-3H3,(H,22,27). The molecule has 150 valence electrons. The molecule has 0 spiro atoms. The summed E-state index contributed by atoms with van der Waals surface area (Å²) < 4.78 is 1.93. The first-order valence-corrected chi connectivity index (χ1v) is 10.2. The van der Waals surface area contributed by atoms with Gasteiger partial charge in [0.15, 0.2) is 0 Å². The molecule has 2 atom stereocenters. The summed E-state index contributed by atoms with van der Waals surface area (Å²) in [5, 5.41) is 11.0. The maximum absolute atomic E-state index is 12.9. The summed E-state index contributed by atoms with van der Waals surface area (Å²) in [6, 6.07) is 2.17. The van der Waals surface area contributed by atoms with Gasteiger partial charge in [-0.1, -0.05) is 20.8 Å². The molecule has 0 aromatic carbocycles. The molecule has 2 N–H and O–H groups in total. The van der Waals surface area contributed by atoms with E-state index >= 15 is 0 Å². The lowest BCUT2D eigenvalue weighted by Gasteiger charge is -2.33. The second kappa shape index (κ2) is 8.42. The number of likely N-dealkylation sites (tertiary alicyclic amines) is 1. The van der Waals surface area contributed by atoms with Gasteiger partial charge in [-0.2, -0.15) is 5.10 Å². The van der Waals surface area contributed by atoms with Gasteiger partial charge in [0.2, 0.25) is 5.91 Å². The Morgan fingerprint density at radius 2 is 2.11 bits per heavy atom. The second-order valence-electron chi connectivity index (χ2n) is 8.90. The summed E-state index contributed by atoms with van der Waals surface area (Å²) in [6.45, 7) is 9.79. The van der Waals surface area contributed by atoms with Crippen molar-refractivity contribution in [3.63, 3.8) is 0 Å². The van der Waals surface area contributed by atoms with E-state index in [1.54, 1.807) is 0 Å². The Morgan fingerprint density at radius 1 is 1.30 bits per heavy atom. The lowest BCUT2D eigenvalue weighted by molar-refractivity contribution is -0.128. The first-order valence-electron chi connectivity index (χ1n) is 10.2. The topological polar surface area (TPSA) is 79.3 Å². The summed E-state index contributed by atoms with van der Waals surface area (Å²) in [5.74, 6) is 0.369. The minimum atomic E-state index is -0.384. The average Bonchev–Trinajstić information content (AvgIpc) is 3.16. The van der Waals surface area contributed by atoms with Crippen molar-refractivity contribution >= 4 is 11.8 Å². The molecule has 2 amide bonds. The van der Waals surface area contributed by atoms with Gasteiger partial charge >= 0.3 is 0 Å². The van der Waals surface area contributed by atoms with Crippen molar-refractivity contribution in [1.82, 2.24) is 25.3 Å². The SMILES string of the molecule is CC(C)(C)C(=O)NCC1CCCN(C(=O)c2ccn(C3CCCNC3)n2)C1. The number of aromatic nitrogens is 2. The number of carbonyl (C=O) groups is 2. The van der Waals surface area contributed by atoms with Crippen molar-refractivity contribution in [1.29, 1.82) is 0 Å². The minimum absolute atomic E-state index is 0.00404.